The zero-order valence-electron chi connectivity index (χ0n) is 21.2. The highest BCUT2D eigenvalue weighted by molar-refractivity contribution is 7.89. The van der Waals surface area contributed by atoms with E-state index in [2.05, 4.69) is 4.98 Å². The van der Waals surface area contributed by atoms with Crippen LogP contribution in [-0.4, -0.2) is 43.4 Å². The molecule has 0 spiro atoms. The predicted molar refractivity (Wildman–Crippen MR) is 144 cm³/mol. The number of nitrogens with zero attached hydrogens (tertiary/aromatic N) is 1. The van der Waals surface area contributed by atoms with Crippen LogP contribution in [0.4, 0.5) is 0 Å². The third kappa shape index (κ3) is 6.27. The minimum Gasteiger partial charge on any atom is -0.437 e. The summed E-state index contributed by atoms with van der Waals surface area (Å²) in [6.07, 6.45) is -0.0681. The lowest BCUT2D eigenvalue weighted by molar-refractivity contribution is -0.0680. The maximum Gasteiger partial charge on any atom is 0.238 e. The lowest BCUT2D eigenvalue weighted by Gasteiger charge is -2.32. The average Bonchev–Trinajstić information content (AvgIpc) is 3.40. The average molecular weight is 551 g/mol. The second kappa shape index (κ2) is 11.4. The first-order chi connectivity index (χ1) is 18.7. The van der Waals surface area contributed by atoms with Crippen molar-refractivity contribution in [2.24, 2.45) is 5.14 Å². The molecule has 204 valence electrons. The summed E-state index contributed by atoms with van der Waals surface area (Å²) in [6, 6.07) is 22.9. The Bertz CT molecular complexity index is 1510. The van der Waals surface area contributed by atoms with Gasteiger partial charge in [0.1, 0.15) is 5.69 Å². The lowest BCUT2D eigenvalue weighted by atomic mass is 9.86. The largest absolute Gasteiger partial charge is 0.437 e. The highest BCUT2D eigenvalue weighted by Crippen LogP contribution is 2.35. The number of primary sulfonamides is 1. The number of ether oxygens (including phenoxy) is 2. The van der Waals surface area contributed by atoms with Gasteiger partial charge in [0.2, 0.25) is 15.9 Å². The van der Waals surface area contributed by atoms with Crippen molar-refractivity contribution in [2.75, 3.05) is 19.8 Å². The van der Waals surface area contributed by atoms with E-state index in [0.29, 0.717) is 43.1 Å². The normalized spacial score (nSPS) is 16.2. The molecule has 4 N–H and O–H groups in total. The molecule has 1 fully saturated rings. The van der Waals surface area contributed by atoms with E-state index in [1.807, 2.05) is 54.6 Å². The number of hydrogen-bond acceptors (Lipinski definition) is 8. The number of sulfonamides is 1. The van der Waals surface area contributed by atoms with E-state index in [1.54, 1.807) is 12.1 Å². The number of rotatable bonds is 9. The van der Waals surface area contributed by atoms with Gasteiger partial charge in [0, 0.05) is 37.2 Å². The molecular formula is C29H30N2O7S. The number of aliphatic hydroxyl groups is 2. The maximum atomic E-state index is 11.7. The topological polar surface area (TPSA) is 145 Å². The summed E-state index contributed by atoms with van der Waals surface area (Å²) in [7, 11) is -3.84. The van der Waals surface area contributed by atoms with Crippen molar-refractivity contribution >= 4 is 10.0 Å². The smallest absolute Gasteiger partial charge is 0.238 e. The van der Waals surface area contributed by atoms with Crippen LogP contribution in [0.25, 0.3) is 22.6 Å². The summed E-state index contributed by atoms with van der Waals surface area (Å²) in [5.41, 5.74) is 2.64. The van der Waals surface area contributed by atoms with E-state index in [4.69, 9.17) is 19.0 Å². The number of benzene rings is 3. The van der Waals surface area contributed by atoms with E-state index >= 15 is 0 Å². The molecule has 4 aromatic rings. The Balaban J connectivity index is 1.32. The molecule has 5 rings (SSSR count). The molecule has 1 saturated heterocycles. The Morgan fingerprint density at radius 1 is 0.974 bits per heavy atom. The molecule has 1 aliphatic rings. The molecular weight excluding hydrogens is 520 g/mol. The van der Waals surface area contributed by atoms with Gasteiger partial charge in [-0.05, 0) is 35.4 Å². The maximum absolute atomic E-state index is 11.7. The molecule has 39 heavy (non-hydrogen) atoms. The minimum absolute atomic E-state index is 0.0197. The van der Waals surface area contributed by atoms with Gasteiger partial charge in [0.15, 0.2) is 11.9 Å². The molecule has 0 aliphatic carbocycles. The zero-order chi connectivity index (χ0) is 27.5. The Hall–Kier alpha value is -3.38. The van der Waals surface area contributed by atoms with Crippen LogP contribution in [0, 0.1) is 0 Å². The monoisotopic (exact) mass is 550 g/mol. The van der Waals surface area contributed by atoms with Crippen LogP contribution >= 0.6 is 0 Å². The van der Waals surface area contributed by atoms with Crippen LogP contribution in [0.2, 0.25) is 0 Å². The van der Waals surface area contributed by atoms with E-state index < -0.39 is 21.7 Å². The molecule has 1 aliphatic heterocycles. The summed E-state index contributed by atoms with van der Waals surface area (Å²) >= 11 is 0. The second-order valence-corrected chi connectivity index (χ2v) is 11.1. The highest BCUT2D eigenvalue weighted by atomic mass is 32.2. The van der Waals surface area contributed by atoms with Crippen LogP contribution in [0.3, 0.4) is 0 Å². The first kappa shape index (κ1) is 27.2. The van der Waals surface area contributed by atoms with Gasteiger partial charge < -0.3 is 24.1 Å². The molecule has 3 aromatic carbocycles. The van der Waals surface area contributed by atoms with E-state index in [9.17, 15) is 18.6 Å². The second-order valence-electron chi connectivity index (χ2n) is 9.54. The van der Waals surface area contributed by atoms with Crippen molar-refractivity contribution in [3.05, 3.63) is 95.9 Å². The van der Waals surface area contributed by atoms with Gasteiger partial charge in [0.25, 0.3) is 0 Å². The minimum atomic E-state index is -3.84. The molecule has 1 atom stereocenters. The SMILES string of the molecule is NS(=O)(=O)c1ccc(-c2oc(C(O)COCc3cccc(C4(O)CCOCC4)c3)nc2-c2ccccc2)cc1. The number of nitrogens with two attached hydrogens (primary N) is 1. The fourth-order valence-electron chi connectivity index (χ4n) is 4.57. The molecule has 1 aromatic heterocycles. The number of aromatic nitrogens is 1. The Labute approximate surface area is 226 Å². The van der Waals surface area contributed by atoms with E-state index in [0.717, 1.165) is 16.7 Å². The van der Waals surface area contributed by atoms with E-state index in [1.165, 1.54) is 12.1 Å². The third-order valence-corrected chi connectivity index (χ3v) is 7.68. The quantitative estimate of drug-likeness (QED) is 0.285. The van der Waals surface area contributed by atoms with Crippen molar-refractivity contribution < 1.29 is 32.5 Å². The van der Waals surface area contributed by atoms with Gasteiger partial charge in [-0.25, -0.2) is 18.5 Å². The van der Waals surface area contributed by atoms with Crippen LogP contribution in [0.1, 0.15) is 36.0 Å². The van der Waals surface area contributed by atoms with Crippen molar-refractivity contribution in [2.45, 2.75) is 36.0 Å². The molecule has 0 bridgehead atoms. The standard InChI is InChI=1S/C29H30N2O7S/c30-39(34,35)24-11-9-22(10-12-24)27-26(21-6-2-1-3-7-21)31-28(38-27)25(32)19-37-18-20-5-4-8-23(17-20)29(33)13-15-36-16-14-29/h1-12,17,25,32-33H,13-16,18-19H2,(H2,30,34,35). The van der Waals surface area contributed by atoms with Crippen LogP contribution in [0.5, 0.6) is 0 Å². The van der Waals surface area contributed by atoms with Crippen LogP contribution < -0.4 is 5.14 Å². The van der Waals surface area contributed by atoms with Gasteiger partial charge >= 0.3 is 0 Å². The van der Waals surface area contributed by atoms with E-state index in [-0.39, 0.29) is 24.0 Å². The van der Waals surface area contributed by atoms with Crippen molar-refractivity contribution in [1.82, 2.24) is 4.98 Å². The van der Waals surface area contributed by atoms with Crippen LogP contribution in [-0.2, 0) is 31.7 Å². The summed E-state index contributed by atoms with van der Waals surface area (Å²) in [6.45, 7) is 1.19. The van der Waals surface area contributed by atoms with Gasteiger partial charge in [-0.1, -0.05) is 54.6 Å². The summed E-state index contributed by atoms with van der Waals surface area (Å²) < 4.78 is 40.5. The van der Waals surface area contributed by atoms with Crippen molar-refractivity contribution in [3.63, 3.8) is 0 Å². The molecule has 0 saturated carbocycles. The zero-order valence-corrected chi connectivity index (χ0v) is 22.0. The Kier molecular flexibility index (Phi) is 7.94. The molecule has 10 heteroatoms. The summed E-state index contributed by atoms with van der Waals surface area (Å²) in [5, 5.41) is 27.1. The summed E-state index contributed by atoms with van der Waals surface area (Å²) in [5.74, 6) is 0.457. The lowest BCUT2D eigenvalue weighted by Crippen LogP contribution is -2.33. The molecule has 9 nitrogen and oxygen atoms in total. The fraction of sp³-hybridized carbons (Fsp3) is 0.276. The number of oxazole rings is 1. The number of hydrogen-bond donors (Lipinski definition) is 3. The Morgan fingerprint density at radius 3 is 2.38 bits per heavy atom. The predicted octanol–water partition coefficient (Wildman–Crippen LogP) is 3.90. The summed E-state index contributed by atoms with van der Waals surface area (Å²) in [4.78, 5) is 4.53. The van der Waals surface area contributed by atoms with Gasteiger partial charge in [0.05, 0.1) is 23.7 Å². The van der Waals surface area contributed by atoms with Gasteiger partial charge in [-0.2, -0.15) is 0 Å². The third-order valence-electron chi connectivity index (χ3n) is 6.75. The molecule has 2 heterocycles. The van der Waals surface area contributed by atoms with Crippen molar-refractivity contribution in [1.29, 1.82) is 0 Å². The number of aliphatic hydroxyl groups excluding tert-OH is 1. The van der Waals surface area contributed by atoms with Gasteiger partial charge in [-0.15, -0.1) is 0 Å². The van der Waals surface area contributed by atoms with Crippen molar-refractivity contribution in [3.8, 4) is 22.6 Å². The highest BCUT2D eigenvalue weighted by Gasteiger charge is 2.31. The van der Waals surface area contributed by atoms with Gasteiger partial charge in [-0.3, -0.25) is 0 Å². The Morgan fingerprint density at radius 2 is 1.69 bits per heavy atom. The molecule has 0 amide bonds. The molecule has 0 radical (unpaired) electrons. The van der Waals surface area contributed by atoms with Crippen LogP contribution in [0.15, 0.2) is 88.2 Å². The molecule has 1 unspecified atom stereocenters. The fourth-order valence-corrected chi connectivity index (χ4v) is 5.09. The first-order valence-corrected chi connectivity index (χ1v) is 14.1. The first-order valence-electron chi connectivity index (χ1n) is 12.6.